The number of aromatic nitrogens is 3. The van der Waals surface area contributed by atoms with E-state index in [4.69, 9.17) is 5.73 Å². The van der Waals surface area contributed by atoms with Crippen molar-refractivity contribution in [1.29, 1.82) is 0 Å². The minimum atomic E-state index is 0.0519. The van der Waals surface area contributed by atoms with E-state index in [1.54, 1.807) is 11.3 Å². The first-order valence-electron chi connectivity index (χ1n) is 5.51. The van der Waals surface area contributed by atoms with Crippen LogP contribution in [-0.4, -0.2) is 14.8 Å². The number of aryl methyl sites for hydroxylation is 2. The smallest absolute Gasteiger partial charge is 0.191 e. The van der Waals surface area contributed by atoms with Gasteiger partial charge in [0.2, 0.25) is 0 Å². The zero-order valence-corrected chi connectivity index (χ0v) is 10.00. The summed E-state index contributed by atoms with van der Waals surface area (Å²) in [6, 6.07) is 4.23. The number of rotatable bonds is 1. The Morgan fingerprint density at radius 1 is 1.50 bits per heavy atom. The van der Waals surface area contributed by atoms with Gasteiger partial charge in [0.05, 0.1) is 10.9 Å². The summed E-state index contributed by atoms with van der Waals surface area (Å²) in [5.74, 6) is 1.76. The Morgan fingerprint density at radius 2 is 2.38 bits per heavy atom. The fourth-order valence-electron chi connectivity index (χ4n) is 2.04. The third-order valence-electron chi connectivity index (χ3n) is 2.88. The van der Waals surface area contributed by atoms with Gasteiger partial charge < -0.3 is 5.73 Å². The van der Waals surface area contributed by atoms with Crippen molar-refractivity contribution in [2.24, 2.45) is 5.73 Å². The van der Waals surface area contributed by atoms with Gasteiger partial charge in [-0.2, -0.15) is 0 Å². The molecule has 0 bridgehead atoms. The lowest BCUT2D eigenvalue weighted by molar-refractivity contribution is 0.422. The fraction of sp³-hybridized carbons (Fsp3) is 0.455. The van der Waals surface area contributed by atoms with E-state index < -0.39 is 0 Å². The van der Waals surface area contributed by atoms with Crippen LogP contribution < -0.4 is 5.73 Å². The lowest BCUT2D eigenvalue weighted by Crippen LogP contribution is -2.22. The van der Waals surface area contributed by atoms with Gasteiger partial charge >= 0.3 is 0 Å². The van der Waals surface area contributed by atoms with E-state index >= 15 is 0 Å². The Balaban J connectivity index is 2.04. The van der Waals surface area contributed by atoms with Crippen LogP contribution in [0.3, 0.4) is 0 Å². The normalized spacial score (nSPS) is 19.8. The fourth-order valence-corrected chi connectivity index (χ4v) is 2.84. The monoisotopic (exact) mass is 234 g/mol. The predicted molar refractivity (Wildman–Crippen MR) is 64.2 cm³/mol. The van der Waals surface area contributed by atoms with Gasteiger partial charge in [0, 0.05) is 11.4 Å². The molecule has 2 N–H and O–H groups in total. The van der Waals surface area contributed by atoms with Crippen molar-refractivity contribution in [3.8, 4) is 10.7 Å². The Bertz CT molecular complexity index is 514. The molecule has 3 heterocycles. The second-order valence-electron chi connectivity index (χ2n) is 4.18. The molecule has 0 spiro atoms. The molecule has 2 aromatic heterocycles. The largest absolute Gasteiger partial charge is 0.321 e. The quantitative estimate of drug-likeness (QED) is 0.822. The summed E-state index contributed by atoms with van der Waals surface area (Å²) in [7, 11) is 0. The van der Waals surface area contributed by atoms with Crippen LogP contribution in [-0.2, 0) is 6.54 Å². The topological polar surface area (TPSA) is 56.7 Å². The summed E-state index contributed by atoms with van der Waals surface area (Å²) in [4.78, 5) is 6.97. The first-order chi connectivity index (χ1) is 7.74. The van der Waals surface area contributed by atoms with Crippen molar-refractivity contribution in [2.75, 3.05) is 0 Å². The molecule has 0 fully saturated rings. The highest BCUT2D eigenvalue weighted by Gasteiger charge is 2.21. The number of thiophene rings is 1. The summed E-state index contributed by atoms with van der Waals surface area (Å²) < 4.78 is 1.96. The number of fused-ring (bicyclic) bond motifs is 1. The molecular formula is C11H14N4S. The minimum absolute atomic E-state index is 0.0519. The molecule has 84 valence electrons. The van der Waals surface area contributed by atoms with Crippen LogP contribution in [0.4, 0.5) is 0 Å². The van der Waals surface area contributed by atoms with Gasteiger partial charge in [0.25, 0.3) is 0 Å². The van der Waals surface area contributed by atoms with E-state index in [0.717, 1.165) is 35.9 Å². The highest BCUT2D eigenvalue weighted by Crippen LogP contribution is 2.28. The Labute approximate surface area is 98.1 Å². The van der Waals surface area contributed by atoms with E-state index in [2.05, 4.69) is 29.1 Å². The minimum Gasteiger partial charge on any atom is -0.321 e. The van der Waals surface area contributed by atoms with E-state index in [-0.39, 0.29) is 6.04 Å². The van der Waals surface area contributed by atoms with Crippen LogP contribution in [0.2, 0.25) is 0 Å². The van der Waals surface area contributed by atoms with Crippen molar-refractivity contribution < 1.29 is 0 Å². The van der Waals surface area contributed by atoms with Crippen LogP contribution in [0, 0.1) is 6.92 Å². The standard InChI is InChI=1S/C11H14N4S/c1-7-4-5-9(16-7)10-13-11-8(12)3-2-6-15(11)14-10/h4-5,8H,2-3,6,12H2,1H3. The zero-order chi connectivity index (χ0) is 11.1. The van der Waals surface area contributed by atoms with Gasteiger partial charge in [-0.05, 0) is 31.9 Å². The summed E-state index contributed by atoms with van der Waals surface area (Å²) in [6.07, 6.45) is 2.11. The second-order valence-corrected chi connectivity index (χ2v) is 5.46. The summed E-state index contributed by atoms with van der Waals surface area (Å²) >= 11 is 1.73. The molecule has 4 nitrogen and oxygen atoms in total. The van der Waals surface area contributed by atoms with Crippen molar-refractivity contribution in [3.05, 3.63) is 22.8 Å². The van der Waals surface area contributed by atoms with Gasteiger partial charge in [0.1, 0.15) is 5.82 Å². The molecule has 16 heavy (non-hydrogen) atoms. The van der Waals surface area contributed by atoms with Gasteiger partial charge in [0.15, 0.2) is 5.82 Å². The average molecular weight is 234 g/mol. The zero-order valence-electron chi connectivity index (χ0n) is 9.18. The molecule has 0 saturated carbocycles. The predicted octanol–water partition coefficient (Wildman–Crippen LogP) is 2.11. The molecule has 0 amide bonds. The maximum Gasteiger partial charge on any atom is 0.191 e. The summed E-state index contributed by atoms with van der Waals surface area (Å²) in [5, 5.41) is 4.52. The number of hydrogen-bond acceptors (Lipinski definition) is 4. The van der Waals surface area contributed by atoms with Crippen LogP contribution in [0.25, 0.3) is 10.7 Å². The van der Waals surface area contributed by atoms with E-state index in [9.17, 15) is 0 Å². The molecule has 1 aliphatic rings. The molecule has 5 heteroatoms. The third kappa shape index (κ3) is 1.56. The molecule has 0 aliphatic carbocycles. The van der Waals surface area contributed by atoms with Crippen molar-refractivity contribution in [1.82, 2.24) is 14.8 Å². The molecule has 0 radical (unpaired) electrons. The van der Waals surface area contributed by atoms with Crippen molar-refractivity contribution >= 4 is 11.3 Å². The molecule has 1 aliphatic heterocycles. The molecular weight excluding hydrogens is 220 g/mol. The van der Waals surface area contributed by atoms with Crippen molar-refractivity contribution in [2.45, 2.75) is 32.4 Å². The maximum atomic E-state index is 6.02. The first kappa shape index (κ1) is 9.99. The van der Waals surface area contributed by atoms with Gasteiger partial charge in [-0.3, -0.25) is 0 Å². The number of nitrogens with zero attached hydrogens (tertiary/aromatic N) is 3. The highest BCUT2D eigenvalue weighted by atomic mass is 32.1. The van der Waals surface area contributed by atoms with Crippen LogP contribution in [0.1, 0.15) is 29.6 Å². The number of nitrogens with two attached hydrogens (primary N) is 1. The van der Waals surface area contributed by atoms with Crippen LogP contribution in [0.5, 0.6) is 0 Å². The maximum absolute atomic E-state index is 6.02. The van der Waals surface area contributed by atoms with Crippen molar-refractivity contribution in [3.63, 3.8) is 0 Å². The Morgan fingerprint density at radius 3 is 3.06 bits per heavy atom. The van der Waals surface area contributed by atoms with E-state index in [1.807, 2.05) is 4.68 Å². The van der Waals surface area contributed by atoms with Gasteiger partial charge in [-0.1, -0.05) is 0 Å². The Hall–Kier alpha value is -1.20. The third-order valence-corrected chi connectivity index (χ3v) is 3.87. The molecule has 1 unspecified atom stereocenters. The lowest BCUT2D eigenvalue weighted by Gasteiger charge is -2.17. The SMILES string of the molecule is Cc1ccc(-c2nc3n(n2)CCCC3N)s1. The molecule has 1 atom stereocenters. The first-order valence-corrected chi connectivity index (χ1v) is 6.33. The highest BCUT2D eigenvalue weighted by molar-refractivity contribution is 7.15. The van der Waals surface area contributed by atoms with E-state index in [0.29, 0.717) is 0 Å². The molecule has 0 aromatic carbocycles. The number of hydrogen-bond donors (Lipinski definition) is 1. The molecule has 2 aromatic rings. The van der Waals surface area contributed by atoms with Gasteiger partial charge in [-0.15, -0.1) is 16.4 Å². The summed E-state index contributed by atoms with van der Waals surface area (Å²) in [5.41, 5.74) is 6.02. The second kappa shape index (κ2) is 3.68. The van der Waals surface area contributed by atoms with E-state index in [1.165, 1.54) is 4.88 Å². The summed E-state index contributed by atoms with van der Waals surface area (Å²) in [6.45, 7) is 3.04. The average Bonchev–Trinajstić information content (AvgIpc) is 2.84. The molecule has 0 saturated heterocycles. The van der Waals surface area contributed by atoms with Crippen LogP contribution in [0.15, 0.2) is 12.1 Å². The van der Waals surface area contributed by atoms with Crippen LogP contribution >= 0.6 is 11.3 Å². The molecule has 3 rings (SSSR count). The van der Waals surface area contributed by atoms with Gasteiger partial charge in [-0.25, -0.2) is 9.67 Å². The lowest BCUT2D eigenvalue weighted by atomic mass is 10.1. The Kier molecular flexibility index (Phi) is 2.29.